The fourth-order valence-electron chi connectivity index (χ4n) is 2.93. The van der Waals surface area contributed by atoms with E-state index in [0.29, 0.717) is 36.9 Å². The maximum Gasteiger partial charge on any atom is 0.312 e. The molecule has 8 nitrogen and oxygen atoms in total. The fourth-order valence-corrected chi connectivity index (χ4v) is 4.06. The molecule has 0 bridgehead atoms. The van der Waals surface area contributed by atoms with Crippen LogP contribution in [0.1, 0.15) is 31.2 Å². The highest BCUT2D eigenvalue weighted by molar-refractivity contribution is 7.89. The van der Waals surface area contributed by atoms with Gasteiger partial charge >= 0.3 is 5.69 Å². The lowest BCUT2D eigenvalue weighted by molar-refractivity contribution is -0.386. The molecular weight excluding hydrogens is 308 g/mol. The molecule has 0 spiro atoms. The first-order chi connectivity index (χ1) is 10.3. The Morgan fingerprint density at radius 3 is 2.36 bits per heavy atom. The van der Waals surface area contributed by atoms with Crippen molar-refractivity contribution in [1.29, 1.82) is 0 Å². The van der Waals surface area contributed by atoms with Crippen LogP contribution in [0.3, 0.4) is 0 Å². The summed E-state index contributed by atoms with van der Waals surface area (Å²) in [7, 11) is -3.12. The van der Waals surface area contributed by atoms with Gasteiger partial charge in [-0.3, -0.25) is 14.8 Å². The number of hydrogen-bond donors (Lipinski definition) is 0. The monoisotopic (exact) mass is 330 g/mol. The Labute approximate surface area is 130 Å². The van der Waals surface area contributed by atoms with Gasteiger partial charge in [0.05, 0.1) is 10.7 Å². The van der Waals surface area contributed by atoms with Crippen LogP contribution in [-0.4, -0.2) is 46.3 Å². The van der Waals surface area contributed by atoms with E-state index in [1.807, 2.05) is 0 Å². The molecule has 0 saturated carbocycles. The van der Waals surface area contributed by atoms with Crippen LogP contribution >= 0.6 is 0 Å². The Kier molecular flexibility index (Phi) is 4.86. The van der Waals surface area contributed by atoms with Crippen LogP contribution in [0.4, 0.5) is 5.69 Å². The Bertz CT molecular complexity index is 660. The van der Waals surface area contributed by atoms with E-state index < -0.39 is 14.9 Å². The average molecular weight is 330 g/mol. The number of nitro groups is 1. The quantitative estimate of drug-likeness (QED) is 0.601. The molecule has 0 aromatic carbocycles. The normalized spacial score (nSPS) is 17.8. The third-order valence-electron chi connectivity index (χ3n) is 4.29. The van der Waals surface area contributed by atoms with Crippen molar-refractivity contribution in [2.75, 3.05) is 18.8 Å². The zero-order valence-corrected chi connectivity index (χ0v) is 14.0. The first-order valence-corrected chi connectivity index (χ1v) is 9.03. The largest absolute Gasteiger partial charge is 0.312 e. The van der Waals surface area contributed by atoms with E-state index in [1.54, 1.807) is 25.5 Å². The number of hydrogen-bond acceptors (Lipinski definition) is 5. The molecule has 0 radical (unpaired) electrons. The summed E-state index contributed by atoms with van der Waals surface area (Å²) in [5.74, 6) is 0.419. The number of rotatable bonds is 5. The predicted molar refractivity (Wildman–Crippen MR) is 82.1 cm³/mol. The van der Waals surface area contributed by atoms with E-state index in [2.05, 4.69) is 5.10 Å². The highest BCUT2D eigenvalue weighted by atomic mass is 32.2. The second-order valence-electron chi connectivity index (χ2n) is 5.70. The molecule has 1 aliphatic heterocycles. The molecule has 2 heterocycles. The standard InChI is InChI=1S/C13H22N4O4S/c1-4-22(20,21)15-7-5-12(6-8-15)9-16-11(3)13(17(18)19)10(2)14-16/h12H,4-9H2,1-3H3. The van der Waals surface area contributed by atoms with Crippen molar-refractivity contribution in [1.82, 2.24) is 14.1 Å². The molecule has 2 rings (SSSR count). The summed E-state index contributed by atoms with van der Waals surface area (Å²) in [5.41, 5.74) is 1.06. The van der Waals surface area contributed by atoms with Crippen molar-refractivity contribution in [3.8, 4) is 0 Å². The zero-order valence-electron chi connectivity index (χ0n) is 13.2. The number of nitrogens with zero attached hydrogens (tertiary/aromatic N) is 4. The Balaban J connectivity index is 2.03. The molecule has 1 fully saturated rings. The number of piperidine rings is 1. The summed E-state index contributed by atoms with van der Waals surface area (Å²) in [6, 6.07) is 0. The number of aryl methyl sites for hydroxylation is 1. The molecule has 1 aromatic rings. The summed E-state index contributed by atoms with van der Waals surface area (Å²) in [6.07, 6.45) is 1.51. The van der Waals surface area contributed by atoms with Gasteiger partial charge in [-0.05, 0) is 39.5 Å². The maximum atomic E-state index is 11.8. The van der Waals surface area contributed by atoms with Gasteiger partial charge in [-0.25, -0.2) is 12.7 Å². The van der Waals surface area contributed by atoms with E-state index in [9.17, 15) is 18.5 Å². The first kappa shape index (κ1) is 16.9. The van der Waals surface area contributed by atoms with Crippen molar-refractivity contribution in [2.45, 2.75) is 40.2 Å². The van der Waals surface area contributed by atoms with Crippen LogP contribution in [0, 0.1) is 29.9 Å². The van der Waals surface area contributed by atoms with Crippen LogP contribution in [0.25, 0.3) is 0 Å². The van der Waals surface area contributed by atoms with Gasteiger partial charge in [0.1, 0.15) is 11.4 Å². The minimum Gasteiger partial charge on any atom is -0.262 e. The van der Waals surface area contributed by atoms with Gasteiger partial charge in [-0.2, -0.15) is 5.10 Å². The Hall–Kier alpha value is -1.48. The van der Waals surface area contributed by atoms with Gasteiger partial charge in [0.2, 0.25) is 10.0 Å². The molecule has 1 saturated heterocycles. The van der Waals surface area contributed by atoms with Crippen LogP contribution in [0.5, 0.6) is 0 Å². The second-order valence-corrected chi connectivity index (χ2v) is 7.96. The minimum atomic E-state index is -3.12. The highest BCUT2D eigenvalue weighted by Crippen LogP contribution is 2.26. The molecule has 124 valence electrons. The van der Waals surface area contributed by atoms with Gasteiger partial charge in [0.25, 0.3) is 0 Å². The van der Waals surface area contributed by atoms with Crippen molar-refractivity contribution in [2.24, 2.45) is 5.92 Å². The van der Waals surface area contributed by atoms with Crippen LogP contribution in [0.15, 0.2) is 0 Å². The molecule has 1 aromatic heterocycles. The van der Waals surface area contributed by atoms with Crippen molar-refractivity contribution < 1.29 is 13.3 Å². The molecule has 0 unspecified atom stereocenters. The lowest BCUT2D eigenvalue weighted by atomic mass is 9.98. The van der Waals surface area contributed by atoms with Crippen LogP contribution in [0.2, 0.25) is 0 Å². The molecule has 0 atom stereocenters. The molecular formula is C13H22N4O4S. The fraction of sp³-hybridized carbons (Fsp3) is 0.769. The van der Waals surface area contributed by atoms with Crippen LogP contribution < -0.4 is 0 Å². The molecule has 0 aliphatic carbocycles. The SMILES string of the molecule is CCS(=O)(=O)N1CCC(Cn2nc(C)c([N+](=O)[O-])c2C)CC1. The van der Waals surface area contributed by atoms with E-state index in [1.165, 1.54) is 4.31 Å². The molecule has 0 amide bonds. The molecule has 9 heteroatoms. The van der Waals surface area contributed by atoms with Crippen molar-refractivity contribution >= 4 is 15.7 Å². The van der Waals surface area contributed by atoms with Gasteiger partial charge in [0, 0.05) is 19.6 Å². The Morgan fingerprint density at radius 1 is 1.32 bits per heavy atom. The third kappa shape index (κ3) is 3.30. The van der Waals surface area contributed by atoms with Gasteiger partial charge < -0.3 is 0 Å². The lowest BCUT2D eigenvalue weighted by Gasteiger charge is -2.31. The highest BCUT2D eigenvalue weighted by Gasteiger charge is 2.28. The predicted octanol–water partition coefficient (Wildman–Crippen LogP) is 1.47. The third-order valence-corrected chi connectivity index (χ3v) is 6.17. The van der Waals surface area contributed by atoms with Gasteiger partial charge in [0.15, 0.2) is 0 Å². The number of aromatic nitrogens is 2. The van der Waals surface area contributed by atoms with Gasteiger partial charge in [-0.1, -0.05) is 0 Å². The van der Waals surface area contributed by atoms with E-state index in [0.717, 1.165) is 12.8 Å². The first-order valence-electron chi connectivity index (χ1n) is 7.42. The second kappa shape index (κ2) is 6.33. The maximum absolute atomic E-state index is 11.8. The smallest absolute Gasteiger partial charge is 0.262 e. The summed E-state index contributed by atoms with van der Waals surface area (Å²) in [6.45, 7) is 6.62. The minimum absolute atomic E-state index is 0.0750. The zero-order chi connectivity index (χ0) is 16.5. The molecule has 0 N–H and O–H groups in total. The van der Waals surface area contributed by atoms with Gasteiger partial charge in [-0.15, -0.1) is 0 Å². The summed E-state index contributed by atoms with van der Waals surface area (Å²) in [4.78, 5) is 10.6. The van der Waals surface area contributed by atoms with Crippen molar-refractivity contribution in [3.05, 3.63) is 21.5 Å². The van der Waals surface area contributed by atoms with E-state index in [4.69, 9.17) is 0 Å². The summed E-state index contributed by atoms with van der Waals surface area (Å²) in [5, 5.41) is 15.3. The number of sulfonamides is 1. The average Bonchev–Trinajstić information content (AvgIpc) is 2.74. The van der Waals surface area contributed by atoms with Crippen LogP contribution in [-0.2, 0) is 16.6 Å². The van der Waals surface area contributed by atoms with E-state index in [-0.39, 0.29) is 11.4 Å². The lowest BCUT2D eigenvalue weighted by Crippen LogP contribution is -2.40. The van der Waals surface area contributed by atoms with E-state index >= 15 is 0 Å². The summed E-state index contributed by atoms with van der Waals surface area (Å²) >= 11 is 0. The topological polar surface area (TPSA) is 98.3 Å². The summed E-state index contributed by atoms with van der Waals surface area (Å²) < 4.78 is 26.9. The van der Waals surface area contributed by atoms with Crippen molar-refractivity contribution in [3.63, 3.8) is 0 Å². The molecule has 1 aliphatic rings. The Morgan fingerprint density at radius 2 is 1.91 bits per heavy atom. The molecule has 22 heavy (non-hydrogen) atoms.